The Labute approximate surface area is 164 Å². The Kier molecular flexibility index (Phi) is 8.54. The van der Waals surface area contributed by atoms with Crippen molar-refractivity contribution >= 4 is 10.0 Å². The number of hydrogen-bond acceptors (Lipinski definition) is 5. The predicted molar refractivity (Wildman–Crippen MR) is 108 cm³/mol. The first-order valence-corrected chi connectivity index (χ1v) is 11.3. The van der Waals surface area contributed by atoms with Crippen molar-refractivity contribution in [1.29, 1.82) is 0 Å². The number of sulfonamides is 1. The lowest BCUT2D eigenvalue weighted by atomic mass is 10.1. The van der Waals surface area contributed by atoms with E-state index >= 15 is 0 Å². The Morgan fingerprint density at radius 1 is 1.04 bits per heavy atom. The van der Waals surface area contributed by atoms with Gasteiger partial charge in [-0.05, 0) is 36.1 Å². The molecule has 0 bridgehead atoms. The SMILES string of the molecule is CC(C)CN(CCOc1ccc(S(=O)(=O)N2CCOCC2)cc1)CC(C)C. The second-order valence-electron chi connectivity index (χ2n) is 7.88. The van der Waals surface area contributed by atoms with Crippen LogP contribution in [0.2, 0.25) is 0 Å². The van der Waals surface area contributed by atoms with Crippen LogP contribution in [0.4, 0.5) is 0 Å². The summed E-state index contributed by atoms with van der Waals surface area (Å²) in [6, 6.07) is 6.73. The summed E-state index contributed by atoms with van der Waals surface area (Å²) in [6.45, 7) is 14.2. The van der Waals surface area contributed by atoms with E-state index in [1.54, 1.807) is 24.3 Å². The molecule has 0 aromatic heterocycles. The van der Waals surface area contributed by atoms with Gasteiger partial charge in [0.25, 0.3) is 0 Å². The minimum absolute atomic E-state index is 0.304. The maximum Gasteiger partial charge on any atom is 0.243 e. The molecule has 6 nitrogen and oxygen atoms in total. The molecule has 1 aliphatic heterocycles. The van der Waals surface area contributed by atoms with Gasteiger partial charge in [0.15, 0.2) is 0 Å². The minimum atomic E-state index is -3.45. The summed E-state index contributed by atoms with van der Waals surface area (Å²) < 4.78 is 37.8. The molecule has 2 rings (SSSR count). The molecule has 0 radical (unpaired) electrons. The average molecular weight is 399 g/mol. The fourth-order valence-electron chi connectivity index (χ4n) is 3.23. The summed E-state index contributed by atoms with van der Waals surface area (Å²) in [6.07, 6.45) is 0. The highest BCUT2D eigenvalue weighted by Gasteiger charge is 2.26. The monoisotopic (exact) mass is 398 g/mol. The highest BCUT2D eigenvalue weighted by atomic mass is 32.2. The molecule has 1 saturated heterocycles. The van der Waals surface area contributed by atoms with Gasteiger partial charge in [-0.15, -0.1) is 0 Å². The maximum atomic E-state index is 12.6. The summed E-state index contributed by atoms with van der Waals surface area (Å²) in [4.78, 5) is 2.73. The van der Waals surface area contributed by atoms with Crippen LogP contribution in [0.15, 0.2) is 29.2 Å². The lowest BCUT2D eigenvalue weighted by Crippen LogP contribution is -2.40. The quantitative estimate of drug-likeness (QED) is 0.606. The van der Waals surface area contributed by atoms with Gasteiger partial charge in [0, 0.05) is 32.7 Å². The van der Waals surface area contributed by atoms with Gasteiger partial charge in [0.2, 0.25) is 10.0 Å². The summed E-state index contributed by atoms with van der Waals surface area (Å²) >= 11 is 0. The van der Waals surface area contributed by atoms with Crippen LogP contribution < -0.4 is 4.74 Å². The number of benzene rings is 1. The highest BCUT2D eigenvalue weighted by Crippen LogP contribution is 2.20. The molecule has 0 aliphatic carbocycles. The van der Waals surface area contributed by atoms with Crippen molar-refractivity contribution < 1.29 is 17.9 Å². The second-order valence-corrected chi connectivity index (χ2v) is 9.82. The molecule has 0 atom stereocenters. The maximum absolute atomic E-state index is 12.6. The molecule has 1 aromatic rings. The number of nitrogens with zero attached hydrogens (tertiary/aromatic N) is 2. The Hall–Kier alpha value is -1.15. The third-order valence-electron chi connectivity index (χ3n) is 4.35. The van der Waals surface area contributed by atoms with Crippen molar-refractivity contribution in [3.63, 3.8) is 0 Å². The van der Waals surface area contributed by atoms with E-state index in [0.29, 0.717) is 55.4 Å². The normalized spacial score (nSPS) is 16.4. The van der Waals surface area contributed by atoms with Gasteiger partial charge in [-0.25, -0.2) is 8.42 Å². The van der Waals surface area contributed by atoms with Crippen molar-refractivity contribution in [1.82, 2.24) is 9.21 Å². The zero-order chi connectivity index (χ0) is 19.9. The molecule has 0 amide bonds. The predicted octanol–water partition coefficient (Wildman–Crippen LogP) is 2.70. The molecule has 7 heteroatoms. The minimum Gasteiger partial charge on any atom is -0.492 e. The molecule has 0 saturated carbocycles. The van der Waals surface area contributed by atoms with Crippen LogP contribution in [-0.2, 0) is 14.8 Å². The van der Waals surface area contributed by atoms with Gasteiger partial charge in [0.05, 0.1) is 18.1 Å². The van der Waals surface area contributed by atoms with Crippen LogP contribution in [0.5, 0.6) is 5.75 Å². The van der Waals surface area contributed by atoms with Gasteiger partial charge < -0.3 is 9.47 Å². The van der Waals surface area contributed by atoms with E-state index in [0.717, 1.165) is 19.6 Å². The molecule has 1 aliphatic rings. The fraction of sp³-hybridized carbons (Fsp3) is 0.700. The van der Waals surface area contributed by atoms with Gasteiger partial charge >= 0.3 is 0 Å². The summed E-state index contributed by atoms with van der Waals surface area (Å²) in [7, 11) is -3.45. The number of hydrogen-bond donors (Lipinski definition) is 0. The Bertz CT molecular complexity index is 643. The Morgan fingerprint density at radius 2 is 1.59 bits per heavy atom. The third-order valence-corrected chi connectivity index (χ3v) is 6.27. The molecule has 0 unspecified atom stereocenters. The van der Waals surface area contributed by atoms with Gasteiger partial charge in [-0.2, -0.15) is 4.31 Å². The molecule has 1 fully saturated rings. The Balaban J connectivity index is 1.89. The van der Waals surface area contributed by atoms with Gasteiger partial charge in [0.1, 0.15) is 12.4 Å². The summed E-state index contributed by atoms with van der Waals surface area (Å²) in [5, 5.41) is 0. The zero-order valence-electron chi connectivity index (χ0n) is 17.1. The van der Waals surface area contributed by atoms with Crippen molar-refractivity contribution in [3.8, 4) is 5.75 Å². The second kappa shape index (κ2) is 10.4. The molecular formula is C20H34N2O4S. The van der Waals surface area contributed by atoms with E-state index < -0.39 is 10.0 Å². The lowest BCUT2D eigenvalue weighted by molar-refractivity contribution is 0.0730. The molecule has 27 heavy (non-hydrogen) atoms. The lowest BCUT2D eigenvalue weighted by Gasteiger charge is -2.26. The van der Waals surface area contributed by atoms with Crippen LogP contribution in [0.1, 0.15) is 27.7 Å². The smallest absolute Gasteiger partial charge is 0.243 e. The van der Waals surface area contributed by atoms with E-state index in [2.05, 4.69) is 32.6 Å². The molecule has 0 spiro atoms. The number of ether oxygens (including phenoxy) is 2. The van der Waals surface area contributed by atoms with Crippen LogP contribution >= 0.6 is 0 Å². The Morgan fingerprint density at radius 3 is 2.11 bits per heavy atom. The third kappa shape index (κ3) is 7.07. The first-order valence-electron chi connectivity index (χ1n) is 9.82. The zero-order valence-corrected chi connectivity index (χ0v) is 17.9. The van der Waals surface area contributed by atoms with Crippen LogP contribution in [0, 0.1) is 11.8 Å². The molecule has 154 valence electrons. The fourth-order valence-corrected chi connectivity index (χ4v) is 4.63. The molecule has 1 aromatic carbocycles. The first-order chi connectivity index (χ1) is 12.8. The first kappa shape index (κ1) is 22.1. The topological polar surface area (TPSA) is 59.1 Å². The standard InChI is InChI=1S/C20H34N2O4S/c1-17(2)15-21(16-18(3)4)9-14-26-19-5-7-20(8-6-19)27(23,24)22-10-12-25-13-11-22/h5-8,17-18H,9-16H2,1-4H3. The van der Waals surface area contributed by atoms with E-state index in [4.69, 9.17) is 9.47 Å². The van der Waals surface area contributed by atoms with Gasteiger partial charge in [-0.3, -0.25) is 4.90 Å². The van der Waals surface area contributed by atoms with Crippen molar-refractivity contribution in [2.45, 2.75) is 32.6 Å². The highest BCUT2D eigenvalue weighted by molar-refractivity contribution is 7.89. The summed E-state index contributed by atoms with van der Waals surface area (Å²) in [5.41, 5.74) is 0. The van der Waals surface area contributed by atoms with E-state index in [9.17, 15) is 8.42 Å². The van der Waals surface area contributed by atoms with Crippen LogP contribution in [0.3, 0.4) is 0 Å². The summed E-state index contributed by atoms with van der Waals surface area (Å²) in [5.74, 6) is 1.94. The van der Waals surface area contributed by atoms with Crippen LogP contribution in [0.25, 0.3) is 0 Å². The largest absolute Gasteiger partial charge is 0.492 e. The van der Waals surface area contributed by atoms with E-state index in [1.165, 1.54) is 4.31 Å². The van der Waals surface area contributed by atoms with Crippen molar-refractivity contribution in [2.24, 2.45) is 11.8 Å². The van der Waals surface area contributed by atoms with Crippen molar-refractivity contribution in [2.75, 3.05) is 52.5 Å². The molecular weight excluding hydrogens is 364 g/mol. The average Bonchev–Trinajstić information content (AvgIpc) is 2.62. The number of rotatable bonds is 10. The molecule has 0 N–H and O–H groups in total. The van der Waals surface area contributed by atoms with Crippen LogP contribution in [-0.4, -0.2) is 70.2 Å². The van der Waals surface area contributed by atoms with E-state index in [1.807, 2.05) is 0 Å². The van der Waals surface area contributed by atoms with E-state index in [-0.39, 0.29) is 0 Å². The van der Waals surface area contributed by atoms with Gasteiger partial charge in [-0.1, -0.05) is 27.7 Å². The van der Waals surface area contributed by atoms with Crippen molar-refractivity contribution in [3.05, 3.63) is 24.3 Å². The molecule has 1 heterocycles. The number of morpholine rings is 1.